The number of anilines is 1. The second-order valence-corrected chi connectivity index (χ2v) is 6.12. The minimum absolute atomic E-state index is 0.0812. The molecule has 0 aromatic carbocycles. The van der Waals surface area contributed by atoms with Gasteiger partial charge in [0.2, 0.25) is 10.0 Å². The van der Waals surface area contributed by atoms with Crippen LogP contribution in [0.2, 0.25) is 0 Å². The Balaban J connectivity index is 2.91. The molecule has 4 N–H and O–H groups in total. The van der Waals surface area contributed by atoms with Crippen LogP contribution >= 0.6 is 0 Å². The van der Waals surface area contributed by atoms with Gasteiger partial charge in [-0.25, -0.2) is 24.0 Å². The van der Waals surface area contributed by atoms with Crippen molar-refractivity contribution in [3.05, 3.63) is 18.3 Å². The summed E-state index contributed by atoms with van der Waals surface area (Å²) < 4.78 is 26.9. The Morgan fingerprint density at radius 3 is 2.44 bits per heavy atom. The Morgan fingerprint density at radius 1 is 1.39 bits per heavy atom. The summed E-state index contributed by atoms with van der Waals surface area (Å²) in [6.45, 7) is 5.92. The molecule has 0 fully saturated rings. The summed E-state index contributed by atoms with van der Waals surface area (Å²) >= 11 is 0. The number of aromatic nitrogens is 1. The van der Waals surface area contributed by atoms with E-state index in [2.05, 4.69) is 15.1 Å². The molecule has 1 atom stereocenters. The minimum atomic E-state index is -3.52. The molecule has 0 aliphatic heterocycles. The van der Waals surface area contributed by atoms with Crippen molar-refractivity contribution < 1.29 is 8.42 Å². The number of nitrogens with zero attached hydrogens (tertiary/aromatic N) is 1. The molecule has 6 nitrogen and oxygen atoms in total. The van der Waals surface area contributed by atoms with Crippen LogP contribution in [0.4, 0.5) is 5.82 Å². The highest BCUT2D eigenvalue weighted by molar-refractivity contribution is 7.89. The predicted molar refractivity (Wildman–Crippen MR) is 71.3 cm³/mol. The van der Waals surface area contributed by atoms with Crippen LogP contribution in [0, 0.1) is 5.92 Å². The monoisotopic (exact) mass is 272 g/mol. The van der Waals surface area contributed by atoms with Crippen molar-refractivity contribution in [1.29, 1.82) is 0 Å². The quantitative estimate of drug-likeness (QED) is 0.532. The molecule has 102 valence electrons. The number of hydrogen-bond donors (Lipinski definition) is 3. The molecular weight excluding hydrogens is 252 g/mol. The van der Waals surface area contributed by atoms with Gasteiger partial charge in [-0.3, -0.25) is 0 Å². The number of rotatable bonds is 6. The average molecular weight is 272 g/mol. The molecule has 0 aliphatic carbocycles. The average Bonchev–Trinajstić information content (AvgIpc) is 2.35. The molecule has 1 heterocycles. The Morgan fingerprint density at radius 2 is 2.06 bits per heavy atom. The molecule has 0 bridgehead atoms. The van der Waals surface area contributed by atoms with Crippen molar-refractivity contribution in [2.45, 2.75) is 38.1 Å². The molecule has 0 saturated heterocycles. The van der Waals surface area contributed by atoms with Gasteiger partial charge in [0.05, 0.1) is 0 Å². The molecule has 1 unspecified atom stereocenters. The smallest absolute Gasteiger partial charge is 0.242 e. The Hall–Kier alpha value is -1.18. The van der Waals surface area contributed by atoms with E-state index in [0.717, 1.165) is 6.42 Å². The van der Waals surface area contributed by atoms with E-state index in [1.807, 2.05) is 20.8 Å². The first kappa shape index (κ1) is 14.9. The van der Waals surface area contributed by atoms with E-state index < -0.39 is 10.0 Å². The third-order valence-electron chi connectivity index (χ3n) is 2.75. The molecule has 1 aromatic rings. The van der Waals surface area contributed by atoms with Gasteiger partial charge in [0, 0.05) is 12.2 Å². The highest BCUT2D eigenvalue weighted by Crippen LogP contribution is 2.13. The number of nitrogens with two attached hydrogens (primary N) is 1. The zero-order chi connectivity index (χ0) is 13.8. The molecule has 0 aliphatic rings. The topological polar surface area (TPSA) is 97.1 Å². The molecule has 1 rings (SSSR count). The van der Waals surface area contributed by atoms with Crippen LogP contribution in [0.3, 0.4) is 0 Å². The van der Waals surface area contributed by atoms with Crippen LogP contribution in [0.25, 0.3) is 0 Å². The van der Waals surface area contributed by atoms with Gasteiger partial charge in [-0.15, -0.1) is 0 Å². The van der Waals surface area contributed by atoms with Crippen LogP contribution in [-0.4, -0.2) is 19.4 Å². The van der Waals surface area contributed by atoms with Crippen molar-refractivity contribution in [3.63, 3.8) is 0 Å². The van der Waals surface area contributed by atoms with E-state index in [1.54, 1.807) is 0 Å². The number of nitrogen functional groups attached to an aromatic ring is 1. The van der Waals surface area contributed by atoms with Crippen LogP contribution in [0.1, 0.15) is 27.2 Å². The third-order valence-corrected chi connectivity index (χ3v) is 4.22. The lowest BCUT2D eigenvalue weighted by atomic mass is 10.0. The summed E-state index contributed by atoms with van der Waals surface area (Å²) in [4.78, 5) is 4.03. The Labute approximate surface area is 108 Å². The third kappa shape index (κ3) is 3.66. The van der Waals surface area contributed by atoms with E-state index in [0.29, 0.717) is 5.82 Å². The second kappa shape index (κ2) is 6.12. The van der Waals surface area contributed by atoms with Gasteiger partial charge in [-0.1, -0.05) is 20.8 Å². The van der Waals surface area contributed by atoms with E-state index in [4.69, 9.17) is 5.84 Å². The standard InChI is InChI=1S/C11H20N4O2S/c1-4-10(8(2)3)15-18(16,17)9-5-6-11(14-12)13-7-9/h5-8,10,15H,4,12H2,1-3H3,(H,13,14). The number of hydrazine groups is 1. The number of hydrogen-bond acceptors (Lipinski definition) is 5. The largest absolute Gasteiger partial charge is 0.308 e. The van der Waals surface area contributed by atoms with Crippen LogP contribution in [0.15, 0.2) is 23.2 Å². The molecule has 18 heavy (non-hydrogen) atoms. The Kier molecular flexibility index (Phi) is 5.06. The summed E-state index contributed by atoms with van der Waals surface area (Å²) in [5, 5.41) is 0. The van der Waals surface area contributed by atoms with Crippen molar-refractivity contribution >= 4 is 15.8 Å². The predicted octanol–water partition coefficient (Wildman–Crippen LogP) is 1.08. The molecule has 0 spiro atoms. The maximum atomic E-state index is 12.1. The molecule has 7 heteroatoms. The van der Waals surface area contributed by atoms with Crippen molar-refractivity contribution in [2.75, 3.05) is 5.43 Å². The van der Waals surface area contributed by atoms with Crippen molar-refractivity contribution in [2.24, 2.45) is 11.8 Å². The van der Waals surface area contributed by atoms with Gasteiger partial charge < -0.3 is 5.43 Å². The zero-order valence-corrected chi connectivity index (χ0v) is 11.7. The van der Waals surface area contributed by atoms with E-state index in [9.17, 15) is 8.42 Å². The highest BCUT2D eigenvalue weighted by atomic mass is 32.2. The molecular formula is C11H20N4O2S. The van der Waals surface area contributed by atoms with Gasteiger partial charge in [-0.2, -0.15) is 0 Å². The second-order valence-electron chi connectivity index (χ2n) is 4.40. The number of nitrogens with one attached hydrogen (secondary N) is 2. The highest BCUT2D eigenvalue weighted by Gasteiger charge is 2.21. The van der Waals surface area contributed by atoms with Crippen molar-refractivity contribution in [1.82, 2.24) is 9.71 Å². The Bertz CT molecular complexity index is 470. The summed E-state index contributed by atoms with van der Waals surface area (Å²) in [5.41, 5.74) is 2.35. The SMILES string of the molecule is CCC(NS(=O)(=O)c1ccc(NN)nc1)C(C)C. The van der Waals surface area contributed by atoms with Crippen molar-refractivity contribution in [3.8, 4) is 0 Å². The summed E-state index contributed by atoms with van der Waals surface area (Å²) in [5.74, 6) is 5.83. The van der Waals surface area contributed by atoms with Crippen LogP contribution < -0.4 is 16.0 Å². The maximum Gasteiger partial charge on any atom is 0.242 e. The van der Waals surface area contributed by atoms with Gasteiger partial charge in [0.1, 0.15) is 10.7 Å². The molecule has 1 aromatic heterocycles. The van der Waals surface area contributed by atoms with Crippen LogP contribution in [0.5, 0.6) is 0 Å². The maximum absolute atomic E-state index is 12.1. The summed E-state index contributed by atoms with van der Waals surface area (Å²) in [6, 6.07) is 2.91. The fraction of sp³-hybridized carbons (Fsp3) is 0.545. The van der Waals surface area contributed by atoms with Gasteiger partial charge >= 0.3 is 0 Å². The molecule has 0 amide bonds. The molecule has 0 saturated carbocycles. The fourth-order valence-electron chi connectivity index (χ4n) is 1.58. The summed E-state index contributed by atoms with van der Waals surface area (Å²) in [7, 11) is -3.52. The first-order chi connectivity index (χ1) is 8.40. The van der Waals surface area contributed by atoms with Gasteiger partial charge in [-0.05, 0) is 24.5 Å². The minimum Gasteiger partial charge on any atom is -0.308 e. The number of pyridine rings is 1. The van der Waals surface area contributed by atoms with Gasteiger partial charge in [0.25, 0.3) is 0 Å². The fourth-order valence-corrected chi connectivity index (χ4v) is 2.99. The van der Waals surface area contributed by atoms with E-state index >= 15 is 0 Å². The van der Waals surface area contributed by atoms with Crippen LogP contribution in [-0.2, 0) is 10.0 Å². The van der Waals surface area contributed by atoms with E-state index in [-0.39, 0.29) is 16.9 Å². The van der Waals surface area contributed by atoms with E-state index in [1.165, 1.54) is 18.3 Å². The van der Waals surface area contributed by atoms with Gasteiger partial charge in [0.15, 0.2) is 0 Å². The lowest BCUT2D eigenvalue weighted by molar-refractivity contribution is 0.437. The number of sulfonamides is 1. The first-order valence-electron chi connectivity index (χ1n) is 5.85. The molecule has 0 radical (unpaired) electrons. The lowest BCUT2D eigenvalue weighted by Gasteiger charge is -2.20. The zero-order valence-electron chi connectivity index (χ0n) is 10.8. The normalized spacial score (nSPS) is 13.6. The lowest BCUT2D eigenvalue weighted by Crippen LogP contribution is -2.38. The first-order valence-corrected chi connectivity index (χ1v) is 7.34. The summed E-state index contributed by atoms with van der Waals surface area (Å²) in [6.07, 6.45) is 2.03.